The van der Waals surface area contributed by atoms with Crippen LogP contribution < -0.4 is 5.32 Å². The maximum atomic E-state index is 13.5. The van der Waals surface area contributed by atoms with E-state index in [4.69, 9.17) is 10.4 Å². The number of hydrogen-bond donors (Lipinski definition) is 2. The number of nitrogens with one attached hydrogen (secondary N) is 2. The van der Waals surface area contributed by atoms with E-state index in [1.54, 1.807) is 48.8 Å². The van der Waals surface area contributed by atoms with Crippen LogP contribution in [0.25, 0.3) is 22.1 Å². The molecular formula is C30H29N7O2S. The summed E-state index contributed by atoms with van der Waals surface area (Å²) in [5, 5.41) is 21.6. The molecule has 9 nitrogen and oxygen atoms in total. The molecule has 0 spiro atoms. The number of fused-ring (bicyclic) bond motifs is 3. The molecule has 3 aromatic heterocycles. The van der Waals surface area contributed by atoms with E-state index in [1.807, 2.05) is 30.3 Å². The molecular weight excluding hydrogens is 522 g/mol. The van der Waals surface area contributed by atoms with Crippen molar-refractivity contribution in [3.8, 4) is 6.07 Å². The van der Waals surface area contributed by atoms with Gasteiger partial charge in [-0.2, -0.15) is 5.26 Å². The predicted octanol–water partition coefficient (Wildman–Crippen LogP) is 5.38. The summed E-state index contributed by atoms with van der Waals surface area (Å²) in [7, 11) is -3.83. The minimum Gasteiger partial charge on any atom is -0.363 e. The van der Waals surface area contributed by atoms with Gasteiger partial charge in [0.15, 0.2) is 5.65 Å². The molecule has 3 heterocycles. The van der Waals surface area contributed by atoms with Crippen molar-refractivity contribution in [3.63, 3.8) is 0 Å². The molecule has 0 aliphatic heterocycles. The number of benzene rings is 2. The largest absolute Gasteiger partial charge is 0.363 e. The van der Waals surface area contributed by atoms with Gasteiger partial charge < -0.3 is 9.88 Å². The van der Waals surface area contributed by atoms with Crippen LogP contribution in [0.5, 0.6) is 0 Å². The van der Waals surface area contributed by atoms with Crippen molar-refractivity contribution in [3.05, 3.63) is 90.5 Å². The van der Waals surface area contributed by atoms with E-state index in [0.29, 0.717) is 41.3 Å². The highest BCUT2D eigenvalue weighted by molar-refractivity contribution is 7.90. The van der Waals surface area contributed by atoms with Crippen LogP contribution in [0.2, 0.25) is 0 Å². The lowest BCUT2D eigenvalue weighted by Gasteiger charge is -2.30. The van der Waals surface area contributed by atoms with E-state index in [0.717, 1.165) is 42.6 Å². The summed E-state index contributed by atoms with van der Waals surface area (Å²) in [4.78, 5) is 9.67. The summed E-state index contributed by atoms with van der Waals surface area (Å²) in [6, 6.07) is 22.1. The normalized spacial score (nSPS) is 17.6. The predicted molar refractivity (Wildman–Crippen MR) is 153 cm³/mol. The van der Waals surface area contributed by atoms with E-state index in [-0.39, 0.29) is 10.9 Å². The average molecular weight is 552 g/mol. The van der Waals surface area contributed by atoms with Crippen LogP contribution in [0.1, 0.15) is 49.5 Å². The van der Waals surface area contributed by atoms with Gasteiger partial charge in [-0.25, -0.2) is 22.4 Å². The maximum absolute atomic E-state index is 13.5. The quantitative estimate of drug-likeness (QED) is 0.206. The Morgan fingerprint density at radius 3 is 2.42 bits per heavy atom. The summed E-state index contributed by atoms with van der Waals surface area (Å²) in [6.07, 6.45) is 7.45. The van der Waals surface area contributed by atoms with Crippen LogP contribution in [-0.2, 0) is 16.6 Å². The van der Waals surface area contributed by atoms with Gasteiger partial charge >= 0.3 is 0 Å². The van der Waals surface area contributed by atoms with Gasteiger partial charge in [0, 0.05) is 29.6 Å². The molecule has 1 fully saturated rings. The van der Waals surface area contributed by atoms with Gasteiger partial charge in [-0.15, -0.1) is 0 Å². The third-order valence-corrected chi connectivity index (χ3v) is 9.43. The van der Waals surface area contributed by atoms with Gasteiger partial charge in [0.25, 0.3) is 10.0 Å². The highest BCUT2D eigenvalue weighted by atomic mass is 32.2. The van der Waals surface area contributed by atoms with Crippen molar-refractivity contribution in [2.24, 2.45) is 5.92 Å². The van der Waals surface area contributed by atoms with Gasteiger partial charge in [-0.05, 0) is 49.8 Å². The number of pyridine rings is 1. The average Bonchev–Trinajstić information content (AvgIpc) is 3.59. The van der Waals surface area contributed by atoms with Crippen LogP contribution in [0.15, 0.2) is 84.0 Å². The molecule has 1 saturated carbocycles. The molecule has 6 rings (SSSR count). The molecule has 0 bridgehead atoms. The molecule has 0 atom stereocenters. The monoisotopic (exact) mass is 551 g/mol. The van der Waals surface area contributed by atoms with Gasteiger partial charge in [-0.1, -0.05) is 48.5 Å². The van der Waals surface area contributed by atoms with E-state index in [1.165, 1.54) is 3.97 Å². The number of imidazole rings is 1. The Kier molecular flexibility index (Phi) is 6.82. The topological polar surface area (TPSA) is 129 Å². The fourth-order valence-electron chi connectivity index (χ4n) is 5.72. The Morgan fingerprint density at radius 1 is 1.02 bits per heavy atom. The van der Waals surface area contributed by atoms with Crippen molar-refractivity contribution < 1.29 is 8.42 Å². The number of aromatic nitrogens is 4. The SMILES string of the molecule is N#CCC1CCC(n2c(CNC(=N)c3ccccc3)nc3cnc4c(ccn4S(=O)(=O)c4ccccc4)c32)CC1. The zero-order valence-corrected chi connectivity index (χ0v) is 22.7. The minimum atomic E-state index is -3.83. The molecule has 1 aliphatic rings. The lowest BCUT2D eigenvalue weighted by molar-refractivity contribution is 0.277. The number of amidine groups is 1. The van der Waals surface area contributed by atoms with Crippen molar-refractivity contribution in [2.75, 3.05) is 0 Å². The lowest BCUT2D eigenvalue weighted by atomic mass is 9.84. The Morgan fingerprint density at radius 2 is 1.73 bits per heavy atom. The Bertz CT molecular complexity index is 1830. The molecule has 0 unspecified atom stereocenters. The summed E-state index contributed by atoms with van der Waals surface area (Å²) in [5.74, 6) is 1.47. The summed E-state index contributed by atoms with van der Waals surface area (Å²) in [5.41, 5.74) is 2.67. The first kappa shape index (κ1) is 25.8. The zero-order chi connectivity index (χ0) is 27.7. The zero-order valence-electron chi connectivity index (χ0n) is 21.9. The molecule has 0 radical (unpaired) electrons. The molecule has 2 N–H and O–H groups in total. The molecule has 5 aromatic rings. The Hall–Kier alpha value is -4.49. The lowest BCUT2D eigenvalue weighted by Crippen LogP contribution is -2.26. The second-order valence-corrected chi connectivity index (χ2v) is 12.0. The smallest absolute Gasteiger partial charge is 0.269 e. The fourth-order valence-corrected chi connectivity index (χ4v) is 7.05. The fraction of sp³-hybridized carbons (Fsp3) is 0.267. The van der Waals surface area contributed by atoms with Crippen molar-refractivity contribution >= 4 is 37.9 Å². The van der Waals surface area contributed by atoms with Crippen LogP contribution in [-0.4, -0.2) is 32.8 Å². The van der Waals surface area contributed by atoms with E-state index < -0.39 is 10.0 Å². The summed E-state index contributed by atoms with van der Waals surface area (Å²) in [6.45, 7) is 0.338. The van der Waals surface area contributed by atoms with E-state index >= 15 is 0 Å². The van der Waals surface area contributed by atoms with Crippen molar-refractivity contribution in [1.82, 2.24) is 23.8 Å². The highest BCUT2D eigenvalue weighted by Crippen LogP contribution is 2.38. The Labute approximate surface area is 232 Å². The maximum Gasteiger partial charge on any atom is 0.269 e. The molecule has 0 saturated heterocycles. The second kappa shape index (κ2) is 10.6. The van der Waals surface area contributed by atoms with Crippen molar-refractivity contribution in [2.45, 2.75) is 49.6 Å². The third kappa shape index (κ3) is 4.62. The first-order valence-corrected chi connectivity index (χ1v) is 14.8. The molecule has 0 amide bonds. The van der Waals surface area contributed by atoms with E-state index in [2.05, 4.69) is 20.9 Å². The summed E-state index contributed by atoms with van der Waals surface area (Å²) >= 11 is 0. The van der Waals surface area contributed by atoms with Gasteiger partial charge in [0.05, 0.1) is 29.2 Å². The second-order valence-electron chi connectivity index (χ2n) is 10.2. The molecule has 2 aromatic carbocycles. The van der Waals surface area contributed by atoms with Crippen LogP contribution >= 0.6 is 0 Å². The van der Waals surface area contributed by atoms with Crippen molar-refractivity contribution in [1.29, 1.82) is 10.7 Å². The minimum absolute atomic E-state index is 0.141. The molecule has 1 aliphatic carbocycles. The van der Waals surface area contributed by atoms with Gasteiger partial charge in [0.1, 0.15) is 17.2 Å². The van der Waals surface area contributed by atoms with Crippen LogP contribution in [0.4, 0.5) is 0 Å². The number of hydrogen-bond acceptors (Lipinski definition) is 6. The molecule has 202 valence electrons. The number of rotatable bonds is 7. The first-order valence-electron chi connectivity index (χ1n) is 13.4. The highest BCUT2D eigenvalue weighted by Gasteiger charge is 2.28. The standard InChI is InChI=1S/C30H29N7O2S/c31-17-15-21-11-13-23(14-12-21)37-27(20-33-29(32)22-7-3-1-4-8-22)35-26-19-34-30-25(28(26)37)16-18-36(30)40(38,39)24-9-5-2-6-10-24/h1-10,16,18-19,21,23H,11-15,20H2,(H2,32,33). The first-order chi connectivity index (χ1) is 19.5. The number of nitriles is 1. The van der Waals surface area contributed by atoms with Crippen LogP contribution in [0.3, 0.4) is 0 Å². The Balaban J connectivity index is 1.44. The van der Waals surface area contributed by atoms with E-state index in [9.17, 15) is 13.7 Å². The van der Waals surface area contributed by atoms with Gasteiger partial charge in [-0.3, -0.25) is 5.41 Å². The summed E-state index contributed by atoms with van der Waals surface area (Å²) < 4.78 is 30.4. The number of nitrogens with zero attached hydrogens (tertiary/aromatic N) is 5. The van der Waals surface area contributed by atoms with Crippen LogP contribution in [0, 0.1) is 22.7 Å². The third-order valence-electron chi connectivity index (χ3n) is 7.75. The molecule has 10 heteroatoms. The molecule has 40 heavy (non-hydrogen) atoms. The van der Waals surface area contributed by atoms with Gasteiger partial charge in [0.2, 0.25) is 0 Å².